The summed E-state index contributed by atoms with van der Waals surface area (Å²) in [7, 11) is 4.36. The standard InChI is InChI=1S/C13H20N2/c1-15(2)13(9-5-3-6-10-13)12-8-4-7-11-14-12/h4,7-8,11H,3,5-6,9-10H2,1-2H3. The normalized spacial score (nSPS) is 20.5. The van der Waals surface area contributed by atoms with Gasteiger partial charge in [-0.05, 0) is 39.1 Å². The maximum absolute atomic E-state index is 4.55. The zero-order valence-corrected chi connectivity index (χ0v) is 9.74. The largest absolute Gasteiger partial charge is 0.298 e. The summed E-state index contributed by atoms with van der Waals surface area (Å²) in [5, 5.41) is 0. The van der Waals surface area contributed by atoms with Gasteiger partial charge in [-0.25, -0.2) is 0 Å². The third-order valence-electron chi connectivity index (χ3n) is 3.68. The first-order valence-electron chi connectivity index (χ1n) is 5.85. The van der Waals surface area contributed by atoms with Crippen molar-refractivity contribution >= 4 is 0 Å². The molecule has 2 nitrogen and oxygen atoms in total. The second-order valence-corrected chi connectivity index (χ2v) is 4.70. The summed E-state index contributed by atoms with van der Waals surface area (Å²) >= 11 is 0. The van der Waals surface area contributed by atoms with Crippen molar-refractivity contribution in [1.29, 1.82) is 0 Å². The smallest absolute Gasteiger partial charge is 0.0628 e. The van der Waals surface area contributed by atoms with E-state index in [4.69, 9.17) is 0 Å². The van der Waals surface area contributed by atoms with Gasteiger partial charge in [-0.2, -0.15) is 0 Å². The molecule has 1 aromatic heterocycles. The summed E-state index contributed by atoms with van der Waals surface area (Å²) in [6, 6.07) is 6.27. The predicted molar refractivity (Wildman–Crippen MR) is 62.7 cm³/mol. The fourth-order valence-electron chi connectivity index (χ4n) is 2.71. The molecule has 0 N–H and O–H groups in total. The Labute approximate surface area is 92.3 Å². The summed E-state index contributed by atoms with van der Waals surface area (Å²) in [6.07, 6.45) is 8.44. The van der Waals surface area contributed by atoms with Crippen LogP contribution in [-0.2, 0) is 5.54 Å². The highest BCUT2D eigenvalue weighted by molar-refractivity contribution is 5.16. The van der Waals surface area contributed by atoms with Crippen LogP contribution >= 0.6 is 0 Å². The maximum Gasteiger partial charge on any atom is 0.0628 e. The molecule has 1 heterocycles. The van der Waals surface area contributed by atoms with E-state index in [-0.39, 0.29) is 5.54 Å². The van der Waals surface area contributed by atoms with Crippen LogP contribution in [0.1, 0.15) is 37.8 Å². The first-order chi connectivity index (χ1) is 7.26. The van der Waals surface area contributed by atoms with E-state index in [1.54, 1.807) is 0 Å². The van der Waals surface area contributed by atoms with Crippen molar-refractivity contribution in [3.63, 3.8) is 0 Å². The van der Waals surface area contributed by atoms with E-state index < -0.39 is 0 Å². The lowest BCUT2D eigenvalue weighted by Crippen LogP contribution is -2.43. The quantitative estimate of drug-likeness (QED) is 0.736. The molecule has 1 aliphatic carbocycles. The molecule has 1 fully saturated rings. The molecule has 82 valence electrons. The molecule has 1 aromatic rings. The molecular weight excluding hydrogens is 184 g/mol. The van der Waals surface area contributed by atoms with Crippen LogP contribution in [0, 0.1) is 0 Å². The number of aromatic nitrogens is 1. The van der Waals surface area contributed by atoms with E-state index >= 15 is 0 Å². The third kappa shape index (κ3) is 1.91. The molecule has 0 aromatic carbocycles. The van der Waals surface area contributed by atoms with Crippen molar-refractivity contribution in [2.75, 3.05) is 14.1 Å². The summed E-state index contributed by atoms with van der Waals surface area (Å²) in [5.41, 5.74) is 1.44. The number of rotatable bonds is 2. The third-order valence-corrected chi connectivity index (χ3v) is 3.68. The highest BCUT2D eigenvalue weighted by Crippen LogP contribution is 2.39. The van der Waals surface area contributed by atoms with Gasteiger partial charge in [0, 0.05) is 6.20 Å². The monoisotopic (exact) mass is 204 g/mol. The van der Waals surface area contributed by atoms with Gasteiger partial charge in [0.25, 0.3) is 0 Å². The Balaban J connectivity index is 2.34. The molecule has 0 bridgehead atoms. The number of nitrogens with zero attached hydrogens (tertiary/aromatic N) is 2. The van der Waals surface area contributed by atoms with Gasteiger partial charge in [-0.1, -0.05) is 25.3 Å². The first kappa shape index (κ1) is 10.6. The zero-order valence-electron chi connectivity index (χ0n) is 9.74. The van der Waals surface area contributed by atoms with E-state index in [9.17, 15) is 0 Å². The van der Waals surface area contributed by atoms with E-state index in [1.807, 2.05) is 12.3 Å². The van der Waals surface area contributed by atoms with Gasteiger partial charge in [0.15, 0.2) is 0 Å². The van der Waals surface area contributed by atoms with Gasteiger partial charge in [-0.15, -0.1) is 0 Å². The molecule has 2 rings (SSSR count). The predicted octanol–water partition coefficient (Wildman–Crippen LogP) is 2.80. The average Bonchev–Trinajstić information content (AvgIpc) is 2.31. The Morgan fingerprint density at radius 3 is 2.40 bits per heavy atom. The molecule has 0 spiro atoms. The van der Waals surface area contributed by atoms with Crippen LogP contribution in [0.5, 0.6) is 0 Å². The summed E-state index contributed by atoms with van der Waals surface area (Å²) in [5.74, 6) is 0. The zero-order chi connectivity index (χ0) is 10.7. The lowest BCUT2D eigenvalue weighted by Gasteiger charge is -2.42. The van der Waals surface area contributed by atoms with Crippen LogP contribution in [0.4, 0.5) is 0 Å². The fourth-order valence-corrected chi connectivity index (χ4v) is 2.71. The molecule has 0 aliphatic heterocycles. The van der Waals surface area contributed by atoms with Crippen molar-refractivity contribution in [3.8, 4) is 0 Å². The lowest BCUT2D eigenvalue weighted by molar-refractivity contribution is 0.0942. The average molecular weight is 204 g/mol. The molecule has 1 saturated carbocycles. The maximum atomic E-state index is 4.55. The molecule has 0 unspecified atom stereocenters. The Bertz CT molecular complexity index is 300. The Hall–Kier alpha value is -0.890. The fraction of sp³-hybridized carbons (Fsp3) is 0.615. The van der Waals surface area contributed by atoms with Gasteiger partial charge < -0.3 is 0 Å². The molecule has 0 amide bonds. The highest BCUT2D eigenvalue weighted by atomic mass is 15.2. The summed E-state index contributed by atoms with van der Waals surface area (Å²) < 4.78 is 0. The minimum absolute atomic E-state index is 0.194. The van der Waals surface area contributed by atoms with Gasteiger partial charge in [0.05, 0.1) is 11.2 Å². The van der Waals surface area contributed by atoms with E-state index in [2.05, 4.69) is 36.1 Å². The molecule has 0 saturated heterocycles. The van der Waals surface area contributed by atoms with Crippen LogP contribution in [-0.4, -0.2) is 24.0 Å². The summed E-state index contributed by atoms with van der Waals surface area (Å²) in [6.45, 7) is 0. The van der Waals surface area contributed by atoms with E-state index in [0.717, 1.165) is 0 Å². The Kier molecular flexibility index (Phi) is 3.06. The molecule has 2 heteroatoms. The van der Waals surface area contributed by atoms with E-state index in [0.29, 0.717) is 0 Å². The van der Waals surface area contributed by atoms with Crippen molar-refractivity contribution in [3.05, 3.63) is 30.1 Å². The van der Waals surface area contributed by atoms with Crippen LogP contribution in [0.3, 0.4) is 0 Å². The molecule has 1 aliphatic rings. The van der Waals surface area contributed by atoms with Gasteiger partial charge in [0.1, 0.15) is 0 Å². The SMILES string of the molecule is CN(C)C1(c2ccccn2)CCCCC1. The van der Waals surface area contributed by atoms with Crippen LogP contribution in [0.15, 0.2) is 24.4 Å². The van der Waals surface area contributed by atoms with Crippen LogP contribution in [0.2, 0.25) is 0 Å². The van der Waals surface area contributed by atoms with E-state index in [1.165, 1.54) is 37.8 Å². The number of pyridine rings is 1. The molecule has 0 radical (unpaired) electrons. The van der Waals surface area contributed by atoms with Gasteiger partial charge in [0.2, 0.25) is 0 Å². The topological polar surface area (TPSA) is 16.1 Å². The Morgan fingerprint density at radius 2 is 1.87 bits per heavy atom. The number of hydrogen-bond acceptors (Lipinski definition) is 2. The van der Waals surface area contributed by atoms with Gasteiger partial charge in [-0.3, -0.25) is 9.88 Å². The molecule has 15 heavy (non-hydrogen) atoms. The van der Waals surface area contributed by atoms with Crippen molar-refractivity contribution < 1.29 is 0 Å². The van der Waals surface area contributed by atoms with Gasteiger partial charge >= 0.3 is 0 Å². The minimum Gasteiger partial charge on any atom is -0.298 e. The lowest BCUT2D eigenvalue weighted by atomic mass is 9.78. The molecule has 0 atom stereocenters. The highest BCUT2D eigenvalue weighted by Gasteiger charge is 2.36. The Morgan fingerprint density at radius 1 is 1.13 bits per heavy atom. The van der Waals surface area contributed by atoms with Crippen LogP contribution in [0.25, 0.3) is 0 Å². The van der Waals surface area contributed by atoms with Crippen molar-refractivity contribution in [2.24, 2.45) is 0 Å². The minimum atomic E-state index is 0.194. The summed E-state index contributed by atoms with van der Waals surface area (Å²) in [4.78, 5) is 6.91. The second-order valence-electron chi connectivity index (χ2n) is 4.70. The second kappa shape index (κ2) is 4.31. The molecular formula is C13H20N2. The number of hydrogen-bond donors (Lipinski definition) is 0. The first-order valence-corrected chi connectivity index (χ1v) is 5.85. The van der Waals surface area contributed by atoms with Crippen LogP contribution < -0.4 is 0 Å². The van der Waals surface area contributed by atoms with Crippen molar-refractivity contribution in [2.45, 2.75) is 37.6 Å². The van der Waals surface area contributed by atoms with Crippen molar-refractivity contribution in [1.82, 2.24) is 9.88 Å².